The first-order chi connectivity index (χ1) is 9.12. The van der Waals surface area contributed by atoms with E-state index in [4.69, 9.17) is 4.74 Å². The van der Waals surface area contributed by atoms with Gasteiger partial charge in [-0.1, -0.05) is 12.1 Å². The Morgan fingerprint density at radius 2 is 2.00 bits per heavy atom. The summed E-state index contributed by atoms with van der Waals surface area (Å²) in [6.45, 7) is 2.05. The number of ether oxygens (including phenoxy) is 2. The number of carbonyl (C=O) groups excluding carboxylic acids is 2. The highest BCUT2D eigenvalue weighted by atomic mass is 16.5. The molecule has 19 heavy (non-hydrogen) atoms. The zero-order valence-corrected chi connectivity index (χ0v) is 11.2. The second-order valence-corrected chi connectivity index (χ2v) is 3.63. The predicted molar refractivity (Wildman–Crippen MR) is 71.5 cm³/mol. The van der Waals surface area contributed by atoms with Crippen molar-refractivity contribution in [3.63, 3.8) is 0 Å². The Morgan fingerprint density at radius 1 is 1.32 bits per heavy atom. The fourth-order valence-electron chi connectivity index (χ4n) is 1.53. The van der Waals surface area contributed by atoms with E-state index in [0.717, 1.165) is 0 Å². The van der Waals surface area contributed by atoms with Gasteiger partial charge in [0.25, 0.3) is 0 Å². The van der Waals surface area contributed by atoms with Gasteiger partial charge in [0.2, 0.25) is 0 Å². The van der Waals surface area contributed by atoms with Crippen molar-refractivity contribution in [2.75, 3.05) is 20.8 Å². The molecular weight excluding hydrogens is 246 g/mol. The Bertz CT molecular complexity index is 494. The lowest BCUT2D eigenvalue weighted by molar-refractivity contribution is -0.137. The van der Waals surface area contributed by atoms with E-state index in [1.807, 2.05) is 0 Å². The Hall–Kier alpha value is -2.30. The average Bonchev–Trinajstić information content (AvgIpc) is 2.44. The maximum atomic E-state index is 11.4. The van der Waals surface area contributed by atoms with Crippen LogP contribution in [0, 0.1) is 0 Å². The number of benzene rings is 1. The Morgan fingerprint density at radius 3 is 2.58 bits per heavy atom. The van der Waals surface area contributed by atoms with Gasteiger partial charge < -0.3 is 14.8 Å². The van der Waals surface area contributed by atoms with E-state index in [0.29, 0.717) is 23.4 Å². The first kappa shape index (κ1) is 14.8. The highest BCUT2D eigenvalue weighted by Gasteiger charge is 2.09. The minimum atomic E-state index is -0.435. The third-order valence-electron chi connectivity index (χ3n) is 2.41. The van der Waals surface area contributed by atoms with Crippen LogP contribution in [0.1, 0.15) is 22.8 Å². The summed E-state index contributed by atoms with van der Waals surface area (Å²) >= 11 is 0. The molecule has 1 aromatic carbocycles. The summed E-state index contributed by atoms with van der Waals surface area (Å²) in [7, 11) is 3.01. The summed E-state index contributed by atoms with van der Waals surface area (Å²) in [5.74, 6) is -0.858. The van der Waals surface area contributed by atoms with Gasteiger partial charge in [0.05, 0.1) is 19.3 Å². The lowest BCUT2D eigenvalue weighted by Gasteiger charge is -2.08. The molecule has 0 bridgehead atoms. The Balaban J connectivity index is 3.05. The predicted octanol–water partition coefficient (Wildman–Crippen LogP) is 1.60. The third kappa shape index (κ3) is 4.13. The van der Waals surface area contributed by atoms with E-state index < -0.39 is 11.9 Å². The van der Waals surface area contributed by atoms with Crippen molar-refractivity contribution in [3.05, 3.63) is 41.5 Å². The molecule has 102 valence electrons. The topological polar surface area (TPSA) is 64.6 Å². The van der Waals surface area contributed by atoms with Crippen LogP contribution in [0.5, 0.6) is 0 Å². The highest BCUT2D eigenvalue weighted by molar-refractivity contribution is 5.93. The summed E-state index contributed by atoms with van der Waals surface area (Å²) < 4.78 is 9.50. The van der Waals surface area contributed by atoms with E-state index in [-0.39, 0.29) is 0 Å². The van der Waals surface area contributed by atoms with Crippen molar-refractivity contribution in [1.29, 1.82) is 0 Å². The van der Waals surface area contributed by atoms with E-state index in [2.05, 4.69) is 10.1 Å². The number of esters is 2. The number of carbonyl (C=O) groups is 2. The molecule has 5 heteroatoms. The number of methoxy groups -OCH3 is 1. The molecule has 0 saturated heterocycles. The zero-order valence-electron chi connectivity index (χ0n) is 11.2. The monoisotopic (exact) mass is 263 g/mol. The summed E-state index contributed by atoms with van der Waals surface area (Å²) in [4.78, 5) is 22.9. The second kappa shape index (κ2) is 7.20. The molecule has 0 unspecified atom stereocenters. The molecule has 0 radical (unpaired) electrons. The molecule has 0 aliphatic heterocycles. The van der Waals surface area contributed by atoms with Crippen LogP contribution in [0.15, 0.2) is 30.3 Å². The number of hydrogen-bond acceptors (Lipinski definition) is 5. The molecule has 0 aliphatic carbocycles. The molecule has 1 N–H and O–H groups in total. The molecule has 0 heterocycles. The fourth-order valence-corrected chi connectivity index (χ4v) is 1.53. The molecule has 5 nitrogen and oxygen atoms in total. The molecular formula is C14H17NO4. The minimum absolute atomic E-state index is 0.314. The van der Waals surface area contributed by atoms with Crippen molar-refractivity contribution >= 4 is 17.6 Å². The van der Waals surface area contributed by atoms with Crippen molar-refractivity contribution in [1.82, 2.24) is 5.32 Å². The Labute approximate surface area is 112 Å². The molecule has 0 fully saturated rings. The maximum absolute atomic E-state index is 11.4. The summed E-state index contributed by atoms with van der Waals surface area (Å²) in [6.07, 6.45) is 1.35. The normalized spacial score (nSPS) is 10.8. The lowest BCUT2D eigenvalue weighted by Crippen LogP contribution is -2.10. The minimum Gasteiger partial charge on any atom is -0.465 e. The van der Waals surface area contributed by atoms with Gasteiger partial charge in [-0.2, -0.15) is 0 Å². The first-order valence-electron chi connectivity index (χ1n) is 5.87. The smallest absolute Gasteiger partial charge is 0.337 e. The van der Waals surface area contributed by atoms with Gasteiger partial charge >= 0.3 is 11.9 Å². The van der Waals surface area contributed by atoms with E-state index in [1.54, 1.807) is 38.2 Å². The summed E-state index contributed by atoms with van der Waals surface area (Å²) in [6, 6.07) is 6.80. The average molecular weight is 263 g/mol. The molecule has 0 aliphatic rings. The maximum Gasteiger partial charge on any atom is 0.337 e. The molecule has 0 amide bonds. The van der Waals surface area contributed by atoms with E-state index in [9.17, 15) is 9.59 Å². The fraction of sp³-hybridized carbons (Fsp3) is 0.286. The van der Waals surface area contributed by atoms with Crippen LogP contribution in [-0.2, 0) is 14.3 Å². The lowest BCUT2D eigenvalue weighted by atomic mass is 10.1. The van der Waals surface area contributed by atoms with E-state index >= 15 is 0 Å². The van der Waals surface area contributed by atoms with Crippen molar-refractivity contribution in [2.24, 2.45) is 0 Å². The zero-order chi connectivity index (χ0) is 14.3. The van der Waals surface area contributed by atoms with Gasteiger partial charge in [-0.05, 0) is 24.6 Å². The number of rotatable bonds is 5. The van der Waals surface area contributed by atoms with Crippen LogP contribution in [-0.4, -0.2) is 32.7 Å². The molecule has 0 spiro atoms. The SMILES string of the molecule is CCOC(=O)/C=C(\NC)c1cccc(C(=O)OC)c1. The number of nitrogens with one attached hydrogen (secondary N) is 1. The molecule has 1 aromatic rings. The standard InChI is InChI=1S/C14H17NO4/c1-4-19-13(16)9-12(15-2)10-6-5-7-11(8-10)14(17)18-3/h5-9,15H,4H2,1-3H3/b12-9-. The molecule has 0 aromatic heterocycles. The summed E-state index contributed by atoms with van der Waals surface area (Å²) in [5.41, 5.74) is 1.70. The highest BCUT2D eigenvalue weighted by Crippen LogP contribution is 2.14. The van der Waals surface area contributed by atoms with Gasteiger partial charge in [-0.15, -0.1) is 0 Å². The van der Waals surface area contributed by atoms with Crippen LogP contribution in [0.2, 0.25) is 0 Å². The van der Waals surface area contributed by atoms with Gasteiger partial charge in [0.15, 0.2) is 0 Å². The molecule has 1 rings (SSSR count). The van der Waals surface area contributed by atoms with Crippen LogP contribution in [0.25, 0.3) is 5.70 Å². The van der Waals surface area contributed by atoms with Crippen LogP contribution in [0.4, 0.5) is 0 Å². The van der Waals surface area contributed by atoms with Gasteiger partial charge in [-0.25, -0.2) is 9.59 Å². The van der Waals surface area contributed by atoms with Crippen LogP contribution >= 0.6 is 0 Å². The first-order valence-corrected chi connectivity index (χ1v) is 5.87. The number of hydrogen-bond donors (Lipinski definition) is 1. The van der Waals surface area contributed by atoms with Crippen LogP contribution in [0.3, 0.4) is 0 Å². The van der Waals surface area contributed by atoms with Crippen molar-refractivity contribution < 1.29 is 19.1 Å². The van der Waals surface area contributed by atoms with E-state index in [1.165, 1.54) is 13.2 Å². The van der Waals surface area contributed by atoms with Crippen LogP contribution < -0.4 is 5.32 Å². The largest absolute Gasteiger partial charge is 0.465 e. The second-order valence-electron chi connectivity index (χ2n) is 3.63. The van der Waals surface area contributed by atoms with Gasteiger partial charge in [-0.3, -0.25) is 0 Å². The third-order valence-corrected chi connectivity index (χ3v) is 2.41. The molecule has 0 saturated carbocycles. The van der Waals surface area contributed by atoms with Gasteiger partial charge in [0, 0.05) is 18.8 Å². The summed E-state index contributed by atoms with van der Waals surface area (Å²) in [5, 5.41) is 2.90. The molecule has 0 atom stereocenters. The van der Waals surface area contributed by atoms with Crippen molar-refractivity contribution in [2.45, 2.75) is 6.92 Å². The van der Waals surface area contributed by atoms with Gasteiger partial charge in [0.1, 0.15) is 0 Å². The quantitative estimate of drug-likeness (QED) is 0.645. The Kier molecular flexibility index (Phi) is 5.60. The van der Waals surface area contributed by atoms with Crippen molar-refractivity contribution in [3.8, 4) is 0 Å².